The van der Waals surface area contributed by atoms with Crippen molar-refractivity contribution in [3.63, 3.8) is 0 Å². The molecule has 0 amide bonds. The summed E-state index contributed by atoms with van der Waals surface area (Å²) in [6.45, 7) is 4.37. The van der Waals surface area contributed by atoms with E-state index in [4.69, 9.17) is 0 Å². The molecule has 1 heteroatoms. The second-order valence-corrected chi connectivity index (χ2v) is 4.44. The van der Waals surface area contributed by atoms with Gasteiger partial charge in [-0.3, -0.25) is 4.79 Å². The average molecular weight is 176 g/mol. The standard InChI is InChI=1S/C12H16O/c1-9-7-11(13)8-10-5-3-4-6-12(9,10)2/h7-8H,3-6H2,1-2H3/t12-/m1/s1. The van der Waals surface area contributed by atoms with Gasteiger partial charge in [-0.05, 0) is 38.3 Å². The molecule has 0 radical (unpaired) electrons. The minimum atomic E-state index is 0.187. The fourth-order valence-electron chi connectivity index (χ4n) is 2.50. The molecular weight excluding hydrogens is 160 g/mol. The van der Waals surface area contributed by atoms with Crippen LogP contribution in [0.25, 0.3) is 0 Å². The number of hydrogen-bond donors (Lipinski definition) is 0. The van der Waals surface area contributed by atoms with Gasteiger partial charge in [0, 0.05) is 5.41 Å². The molecule has 1 atom stereocenters. The summed E-state index contributed by atoms with van der Waals surface area (Å²) in [6, 6.07) is 0. The molecule has 0 unspecified atom stereocenters. The van der Waals surface area contributed by atoms with Crippen molar-refractivity contribution >= 4 is 5.78 Å². The molecule has 0 bridgehead atoms. The Morgan fingerprint density at radius 1 is 1.31 bits per heavy atom. The molecule has 70 valence electrons. The van der Waals surface area contributed by atoms with Gasteiger partial charge in [-0.2, -0.15) is 0 Å². The van der Waals surface area contributed by atoms with Crippen molar-refractivity contribution in [2.75, 3.05) is 0 Å². The van der Waals surface area contributed by atoms with Gasteiger partial charge in [-0.1, -0.05) is 24.5 Å². The molecule has 2 aliphatic carbocycles. The van der Waals surface area contributed by atoms with Crippen LogP contribution in [0.1, 0.15) is 39.5 Å². The molecule has 0 aromatic rings. The number of fused-ring (bicyclic) bond motifs is 1. The fourth-order valence-corrected chi connectivity index (χ4v) is 2.50. The van der Waals surface area contributed by atoms with Crippen LogP contribution in [0.15, 0.2) is 23.3 Å². The van der Waals surface area contributed by atoms with Gasteiger partial charge in [0.05, 0.1) is 0 Å². The predicted octanol–water partition coefficient (Wildman–Crippen LogP) is 3.02. The Hall–Kier alpha value is -0.850. The number of ketones is 1. The van der Waals surface area contributed by atoms with Gasteiger partial charge >= 0.3 is 0 Å². The van der Waals surface area contributed by atoms with Crippen molar-refractivity contribution < 1.29 is 4.79 Å². The van der Waals surface area contributed by atoms with E-state index in [1.54, 1.807) is 6.08 Å². The molecular formula is C12H16O. The lowest BCUT2D eigenvalue weighted by molar-refractivity contribution is -0.110. The van der Waals surface area contributed by atoms with Crippen molar-refractivity contribution in [1.82, 2.24) is 0 Å². The van der Waals surface area contributed by atoms with E-state index < -0.39 is 0 Å². The normalized spacial score (nSPS) is 33.5. The monoisotopic (exact) mass is 176 g/mol. The van der Waals surface area contributed by atoms with Crippen molar-refractivity contribution in [3.8, 4) is 0 Å². The zero-order chi connectivity index (χ0) is 9.47. The summed E-state index contributed by atoms with van der Waals surface area (Å²) >= 11 is 0. The Morgan fingerprint density at radius 2 is 2.08 bits per heavy atom. The van der Waals surface area contributed by atoms with Gasteiger partial charge in [-0.25, -0.2) is 0 Å². The number of carbonyl (C=O) groups is 1. The summed E-state index contributed by atoms with van der Waals surface area (Å²) in [4.78, 5) is 11.3. The van der Waals surface area contributed by atoms with Crippen LogP contribution in [-0.4, -0.2) is 5.78 Å². The number of rotatable bonds is 0. The third kappa shape index (κ3) is 1.27. The topological polar surface area (TPSA) is 17.1 Å². The summed E-state index contributed by atoms with van der Waals surface area (Å²) in [6.07, 6.45) is 8.54. The first-order chi connectivity index (χ1) is 6.13. The molecule has 0 saturated heterocycles. The largest absolute Gasteiger partial charge is 0.290 e. The predicted molar refractivity (Wildman–Crippen MR) is 53.4 cm³/mol. The first-order valence-electron chi connectivity index (χ1n) is 5.07. The van der Waals surface area contributed by atoms with Crippen LogP contribution in [0.3, 0.4) is 0 Å². The Kier molecular flexibility index (Phi) is 1.90. The SMILES string of the molecule is CC1=CC(=O)C=C2CCCC[C@]12C. The van der Waals surface area contributed by atoms with Crippen LogP contribution in [-0.2, 0) is 4.79 Å². The minimum absolute atomic E-state index is 0.187. The van der Waals surface area contributed by atoms with Crippen molar-refractivity contribution in [2.45, 2.75) is 39.5 Å². The lowest BCUT2D eigenvalue weighted by atomic mass is 9.65. The Morgan fingerprint density at radius 3 is 2.85 bits per heavy atom. The summed E-state index contributed by atoms with van der Waals surface area (Å²) < 4.78 is 0. The van der Waals surface area contributed by atoms with Crippen LogP contribution in [0, 0.1) is 5.41 Å². The number of carbonyl (C=O) groups excluding carboxylic acids is 1. The molecule has 1 fully saturated rings. The molecule has 1 saturated carbocycles. The van der Waals surface area contributed by atoms with Gasteiger partial charge < -0.3 is 0 Å². The van der Waals surface area contributed by atoms with Crippen LogP contribution in [0.4, 0.5) is 0 Å². The fraction of sp³-hybridized carbons (Fsp3) is 0.583. The van der Waals surface area contributed by atoms with E-state index in [1.807, 2.05) is 6.08 Å². The zero-order valence-corrected chi connectivity index (χ0v) is 8.39. The van der Waals surface area contributed by atoms with Crippen LogP contribution >= 0.6 is 0 Å². The van der Waals surface area contributed by atoms with Gasteiger partial charge in [0.25, 0.3) is 0 Å². The van der Waals surface area contributed by atoms with Gasteiger partial charge in [0.2, 0.25) is 0 Å². The third-order valence-corrected chi connectivity index (χ3v) is 3.63. The first-order valence-corrected chi connectivity index (χ1v) is 5.07. The van der Waals surface area contributed by atoms with E-state index in [-0.39, 0.29) is 11.2 Å². The smallest absolute Gasteiger partial charge is 0.178 e. The first kappa shape index (κ1) is 8.74. The summed E-state index contributed by atoms with van der Waals surface area (Å²) in [5.74, 6) is 0.187. The Balaban J connectivity index is 2.42. The molecule has 13 heavy (non-hydrogen) atoms. The highest BCUT2D eigenvalue weighted by Gasteiger charge is 2.35. The minimum Gasteiger partial charge on any atom is -0.290 e. The van der Waals surface area contributed by atoms with E-state index in [1.165, 1.54) is 30.4 Å². The molecule has 0 heterocycles. The second-order valence-electron chi connectivity index (χ2n) is 4.44. The molecule has 2 aliphatic rings. The van der Waals surface area contributed by atoms with E-state index in [9.17, 15) is 4.79 Å². The Labute approximate surface area is 79.5 Å². The van der Waals surface area contributed by atoms with E-state index in [2.05, 4.69) is 13.8 Å². The van der Waals surface area contributed by atoms with Crippen molar-refractivity contribution in [1.29, 1.82) is 0 Å². The number of allylic oxidation sites excluding steroid dienone is 4. The third-order valence-electron chi connectivity index (χ3n) is 3.63. The maximum absolute atomic E-state index is 11.3. The van der Waals surface area contributed by atoms with Gasteiger partial charge in [-0.15, -0.1) is 0 Å². The Bertz CT molecular complexity index is 309. The summed E-state index contributed by atoms with van der Waals surface area (Å²) in [7, 11) is 0. The summed E-state index contributed by atoms with van der Waals surface area (Å²) in [5.41, 5.74) is 2.84. The quantitative estimate of drug-likeness (QED) is 0.554. The molecule has 0 N–H and O–H groups in total. The average Bonchev–Trinajstić information content (AvgIpc) is 2.07. The molecule has 0 aliphatic heterocycles. The molecule has 2 rings (SSSR count). The molecule has 0 spiro atoms. The van der Waals surface area contributed by atoms with Gasteiger partial charge in [0.15, 0.2) is 5.78 Å². The van der Waals surface area contributed by atoms with Crippen LogP contribution in [0.2, 0.25) is 0 Å². The second kappa shape index (κ2) is 2.83. The highest BCUT2D eigenvalue weighted by Crippen LogP contribution is 2.47. The van der Waals surface area contributed by atoms with Crippen LogP contribution < -0.4 is 0 Å². The molecule has 0 aromatic carbocycles. The lowest BCUT2D eigenvalue weighted by Crippen LogP contribution is -2.28. The highest BCUT2D eigenvalue weighted by molar-refractivity contribution is 6.01. The van der Waals surface area contributed by atoms with Crippen molar-refractivity contribution in [3.05, 3.63) is 23.3 Å². The maximum atomic E-state index is 11.3. The highest BCUT2D eigenvalue weighted by atomic mass is 16.1. The number of hydrogen-bond acceptors (Lipinski definition) is 1. The lowest BCUT2D eigenvalue weighted by Gasteiger charge is -2.39. The van der Waals surface area contributed by atoms with Crippen LogP contribution in [0.5, 0.6) is 0 Å². The zero-order valence-electron chi connectivity index (χ0n) is 8.39. The van der Waals surface area contributed by atoms with Crippen molar-refractivity contribution in [2.24, 2.45) is 5.41 Å². The summed E-state index contributed by atoms with van der Waals surface area (Å²) in [5, 5.41) is 0. The maximum Gasteiger partial charge on any atom is 0.178 e. The van der Waals surface area contributed by atoms with E-state index in [0.29, 0.717) is 0 Å². The van der Waals surface area contributed by atoms with E-state index >= 15 is 0 Å². The van der Waals surface area contributed by atoms with Gasteiger partial charge in [0.1, 0.15) is 0 Å². The molecule has 0 aromatic heterocycles. The molecule has 1 nitrogen and oxygen atoms in total. The van der Waals surface area contributed by atoms with E-state index in [0.717, 1.165) is 6.42 Å².